The minimum atomic E-state index is -0.186. The van der Waals surface area contributed by atoms with Crippen molar-refractivity contribution >= 4 is 78.7 Å². The standard InChI is InChI=1S/C67H64BN3O/c1-62(2,3)40-35-45-57-60(43-21-10-12-24-46(43)63(57,4)5)69-52-37-41(70-51-26-14-13-25-47(51)64(6)29-16-18-31-66(64,70)8)38-53-58(52)68(50(36-40)59(45)69)49-34-39(33-48-61(49)71(53)67(9)32-19-17-30-65(48,67)7)42-23-20-28-55-56(42)44-22-11-15-27-54(44)72-55/h10-15,20-28,33-38H,16-19,29-32H2,1-9H3. The van der Waals surface area contributed by atoms with Crippen LogP contribution in [0.5, 0.6) is 0 Å². The number of hydrogen-bond donors (Lipinski definition) is 0. The number of aromatic nitrogens is 1. The van der Waals surface area contributed by atoms with Crippen molar-refractivity contribution in [3.8, 4) is 28.1 Å². The third-order valence-corrected chi connectivity index (χ3v) is 21.2. The molecule has 7 aromatic carbocycles. The molecular weight excluding hydrogens is 874 g/mol. The summed E-state index contributed by atoms with van der Waals surface area (Å²) in [4.78, 5) is 5.83. The average Bonchev–Trinajstić information content (AvgIpc) is 4.10. The van der Waals surface area contributed by atoms with E-state index in [4.69, 9.17) is 4.42 Å². The van der Waals surface area contributed by atoms with Crippen LogP contribution in [0.25, 0.3) is 60.9 Å². The fraction of sp³-hybridized carbons (Fsp3) is 0.343. The highest BCUT2D eigenvalue weighted by Gasteiger charge is 2.63. The summed E-state index contributed by atoms with van der Waals surface area (Å²) in [7, 11) is 0. The zero-order valence-electron chi connectivity index (χ0n) is 43.6. The first-order chi connectivity index (χ1) is 34.6. The summed E-state index contributed by atoms with van der Waals surface area (Å²) in [6.45, 7) is 22.8. The van der Waals surface area contributed by atoms with Gasteiger partial charge in [-0.1, -0.05) is 159 Å². The fourth-order valence-electron chi connectivity index (χ4n) is 17.2. The van der Waals surface area contributed by atoms with E-state index in [1.807, 2.05) is 0 Å². The summed E-state index contributed by atoms with van der Waals surface area (Å²) in [5.74, 6) is 0. The van der Waals surface area contributed by atoms with E-state index in [9.17, 15) is 0 Å². The maximum Gasteiger partial charge on any atom is 0.252 e. The maximum atomic E-state index is 6.63. The van der Waals surface area contributed by atoms with Crippen LogP contribution >= 0.6 is 0 Å². The van der Waals surface area contributed by atoms with E-state index >= 15 is 0 Å². The van der Waals surface area contributed by atoms with Gasteiger partial charge in [-0.15, -0.1) is 0 Å². The quantitative estimate of drug-likeness (QED) is 0.161. The second-order valence-corrected chi connectivity index (χ2v) is 25.8. The Bertz CT molecular complexity index is 3950. The van der Waals surface area contributed by atoms with Gasteiger partial charge in [0.15, 0.2) is 0 Å². The zero-order valence-corrected chi connectivity index (χ0v) is 43.6. The molecule has 0 spiro atoms. The Kier molecular flexibility index (Phi) is 7.71. The van der Waals surface area contributed by atoms with Gasteiger partial charge in [0.05, 0.1) is 16.8 Å². The van der Waals surface area contributed by atoms with Crippen molar-refractivity contribution in [2.75, 3.05) is 9.80 Å². The molecule has 6 heterocycles. The lowest BCUT2D eigenvalue weighted by Gasteiger charge is -2.53. The third kappa shape index (κ3) is 4.68. The molecule has 5 heteroatoms. The minimum Gasteiger partial charge on any atom is -0.456 e. The van der Waals surface area contributed by atoms with Crippen LogP contribution in [0, 0.1) is 0 Å². The van der Waals surface area contributed by atoms with E-state index in [1.54, 1.807) is 0 Å². The van der Waals surface area contributed by atoms with E-state index < -0.39 is 0 Å². The average molecular weight is 938 g/mol. The van der Waals surface area contributed by atoms with Crippen molar-refractivity contribution in [3.05, 3.63) is 155 Å². The van der Waals surface area contributed by atoms with Crippen molar-refractivity contribution in [2.24, 2.45) is 0 Å². The summed E-state index contributed by atoms with van der Waals surface area (Å²) in [5.41, 5.74) is 26.9. The lowest BCUT2D eigenvalue weighted by Crippen LogP contribution is -2.64. The summed E-state index contributed by atoms with van der Waals surface area (Å²) in [6.07, 6.45) is 9.70. The molecule has 2 aromatic heterocycles. The van der Waals surface area contributed by atoms with Gasteiger partial charge in [0.25, 0.3) is 6.71 Å². The van der Waals surface area contributed by atoms with Gasteiger partial charge in [-0.05, 0) is 143 Å². The van der Waals surface area contributed by atoms with Crippen LogP contribution in [0.2, 0.25) is 0 Å². The van der Waals surface area contributed by atoms with Crippen molar-refractivity contribution in [1.29, 1.82) is 0 Å². The minimum absolute atomic E-state index is 0.0220. The molecule has 0 N–H and O–H groups in total. The number of benzene rings is 7. The number of hydrogen-bond acceptors (Lipinski definition) is 3. The molecule has 2 saturated carbocycles. The van der Waals surface area contributed by atoms with Crippen molar-refractivity contribution in [1.82, 2.24) is 4.57 Å². The summed E-state index contributed by atoms with van der Waals surface area (Å²) < 4.78 is 9.44. The van der Waals surface area contributed by atoms with Gasteiger partial charge in [0.2, 0.25) is 0 Å². The van der Waals surface area contributed by atoms with Crippen molar-refractivity contribution in [2.45, 2.75) is 146 Å². The molecule has 16 rings (SSSR count). The van der Waals surface area contributed by atoms with E-state index in [1.165, 1.54) is 162 Å². The molecule has 0 bridgehead atoms. The number of fused-ring (bicyclic) bond motifs is 18. The molecule has 2 fully saturated rings. The van der Waals surface area contributed by atoms with Crippen LogP contribution in [0.15, 0.2) is 132 Å². The van der Waals surface area contributed by atoms with Crippen LogP contribution in [0.3, 0.4) is 0 Å². The van der Waals surface area contributed by atoms with Gasteiger partial charge in [-0.25, -0.2) is 0 Å². The lowest BCUT2D eigenvalue weighted by molar-refractivity contribution is 0.194. The first-order valence-corrected chi connectivity index (χ1v) is 27.4. The molecule has 0 radical (unpaired) electrons. The number of rotatable bonds is 2. The molecule has 4 unspecified atom stereocenters. The van der Waals surface area contributed by atoms with Gasteiger partial charge in [-0.2, -0.15) is 0 Å². The van der Waals surface area contributed by atoms with Crippen LogP contribution < -0.4 is 26.2 Å². The Morgan fingerprint density at radius 2 is 1.19 bits per heavy atom. The van der Waals surface area contributed by atoms with Crippen LogP contribution in [0.1, 0.15) is 141 Å². The van der Waals surface area contributed by atoms with Gasteiger partial charge in [-0.3, -0.25) is 0 Å². The molecule has 4 aliphatic heterocycles. The maximum absolute atomic E-state index is 6.63. The summed E-state index contributed by atoms with van der Waals surface area (Å²) >= 11 is 0. The number of furan rings is 1. The van der Waals surface area contributed by atoms with Crippen molar-refractivity contribution in [3.63, 3.8) is 0 Å². The Morgan fingerprint density at radius 1 is 0.542 bits per heavy atom. The van der Waals surface area contributed by atoms with Crippen LogP contribution in [-0.2, 0) is 21.7 Å². The molecule has 0 amide bonds. The molecule has 7 aliphatic rings. The SMILES string of the molecule is CC(C)(C)c1cc2c3c(c1)c1c(n3-c3cc(N4c5ccccc5C5(C)CCCCC45C)cc4c3B2c2cc(-c3cccc5oc6ccccc6c35)cc3c2N4C2(C)CCCCC32C)-c2ccccc2C1(C)C. The monoisotopic (exact) mass is 938 g/mol. The molecule has 9 aromatic rings. The van der Waals surface area contributed by atoms with Crippen LogP contribution in [-0.4, -0.2) is 22.4 Å². The van der Waals surface area contributed by atoms with Gasteiger partial charge in [0.1, 0.15) is 11.2 Å². The van der Waals surface area contributed by atoms with Crippen LogP contribution in [0.4, 0.5) is 22.7 Å². The number of para-hydroxylation sites is 2. The summed E-state index contributed by atoms with van der Waals surface area (Å²) in [5, 5.41) is 3.82. The molecule has 72 heavy (non-hydrogen) atoms. The normalized spacial score (nSPS) is 25.7. The zero-order chi connectivity index (χ0) is 48.8. The Hall–Kier alpha value is -6.46. The second kappa shape index (κ2) is 13.2. The van der Waals surface area contributed by atoms with E-state index in [0.29, 0.717) is 0 Å². The van der Waals surface area contributed by atoms with Gasteiger partial charge in [0, 0.05) is 71.9 Å². The Labute approximate surface area is 425 Å². The predicted octanol–water partition coefficient (Wildman–Crippen LogP) is 15.4. The topological polar surface area (TPSA) is 24.6 Å². The smallest absolute Gasteiger partial charge is 0.252 e. The first-order valence-electron chi connectivity index (χ1n) is 27.4. The summed E-state index contributed by atoms with van der Waals surface area (Å²) in [6, 6.07) is 50.2. The Balaban J connectivity index is 1.09. The Morgan fingerprint density at radius 3 is 1.99 bits per heavy atom. The number of nitrogens with zero attached hydrogens (tertiary/aromatic N) is 3. The predicted molar refractivity (Wildman–Crippen MR) is 303 cm³/mol. The van der Waals surface area contributed by atoms with E-state index in [2.05, 4.69) is 204 Å². The highest BCUT2D eigenvalue weighted by atomic mass is 16.3. The lowest BCUT2D eigenvalue weighted by atomic mass is 9.33. The third-order valence-electron chi connectivity index (χ3n) is 21.2. The largest absolute Gasteiger partial charge is 0.456 e. The van der Waals surface area contributed by atoms with E-state index in [-0.39, 0.29) is 39.5 Å². The highest BCUT2D eigenvalue weighted by Crippen LogP contribution is 2.65. The van der Waals surface area contributed by atoms with Gasteiger partial charge < -0.3 is 18.8 Å². The fourth-order valence-corrected chi connectivity index (χ4v) is 17.2. The number of anilines is 4. The molecular formula is C67H64BN3O. The molecule has 0 saturated heterocycles. The second-order valence-electron chi connectivity index (χ2n) is 25.8. The van der Waals surface area contributed by atoms with Crippen molar-refractivity contribution < 1.29 is 4.42 Å². The molecule has 3 aliphatic carbocycles. The first kappa shape index (κ1) is 42.1. The highest BCUT2D eigenvalue weighted by molar-refractivity contribution is 7.00. The molecule has 356 valence electrons. The molecule has 4 atom stereocenters. The molecule has 4 nitrogen and oxygen atoms in total. The van der Waals surface area contributed by atoms with E-state index in [0.717, 1.165) is 17.6 Å². The van der Waals surface area contributed by atoms with Gasteiger partial charge >= 0.3 is 0 Å².